The Kier molecular flexibility index (Phi) is 8.26. The van der Waals surface area contributed by atoms with Gasteiger partial charge in [0, 0.05) is 44.4 Å². The molecule has 0 fully saturated rings. The van der Waals surface area contributed by atoms with Crippen LogP contribution in [-0.4, -0.2) is 35.8 Å². The Morgan fingerprint density at radius 3 is 2.27 bits per heavy atom. The largest absolute Gasteiger partial charge is 0.378 e. The van der Waals surface area contributed by atoms with Gasteiger partial charge in [-0.2, -0.15) is 0 Å². The van der Waals surface area contributed by atoms with E-state index in [9.17, 15) is 14.0 Å². The van der Waals surface area contributed by atoms with Crippen LogP contribution in [0.4, 0.5) is 15.8 Å². The van der Waals surface area contributed by atoms with Crippen molar-refractivity contribution >= 4 is 23.2 Å². The van der Waals surface area contributed by atoms with Crippen molar-refractivity contribution in [1.29, 1.82) is 0 Å². The number of anilines is 2. The summed E-state index contributed by atoms with van der Waals surface area (Å²) in [7, 11) is 3.87. The zero-order valence-electron chi connectivity index (χ0n) is 20.8. The second kappa shape index (κ2) is 11.9. The summed E-state index contributed by atoms with van der Waals surface area (Å²) in [5.41, 5.74) is 3.52. The first kappa shape index (κ1) is 25.6. The van der Waals surface area contributed by atoms with Gasteiger partial charge in [0.15, 0.2) is 0 Å². The molecule has 6 nitrogen and oxygen atoms in total. The lowest BCUT2D eigenvalue weighted by atomic mass is 10.0. The van der Waals surface area contributed by atoms with Gasteiger partial charge in [-0.3, -0.25) is 14.6 Å². The minimum Gasteiger partial charge on any atom is -0.378 e. The zero-order valence-corrected chi connectivity index (χ0v) is 20.8. The van der Waals surface area contributed by atoms with Gasteiger partial charge in [-0.05, 0) is 59.2 Å². The highest BCUT2D eigenvalue weighted by molar-refractivity contribution is 5.98. The molecule has 188 valence electrons. The number of hydrogen-bond donors (Lipinski definition) is 1. The summed E-state index contributed by atoms with van der Waals surface area (Å²) in [4.78, 5) is 35.1. The van der Waals surface area contributed by atoms with E-state index in [0.717, 1.165) is 16.8 Å². The number of amides is 2. The molecule has 1 atom stereocenters. The Morgan fingerprint density at radius 1 is 0.892 bits per heavy atom. The number of nitrogens with one attached hydrogen (secondary N) is 1. The van der Waals surface area contributed by atoms with Gasteiger partial charge < -0.3 is 15.1 Å². The van der Waals surface area contributed by atoms with E-state index in [4.69, 9.17) is 0 Å². The molecule has 7 heteroatoms. The van der Waals surface area contributed by atoms with E-state index >= 15 is 0 Å². The maximum absolute atomic E-state index is 14.3. The van der Waals surface area contributed by atoms with Crippen molar-refractivity contribution in [3.05, 3.63) is 126 Å². The predicted octanol–water partition coefficient (Wildman–Crippen LogP) is 5.24. The molecule has 37 heavy (non-hydrogen) atoms. The molecule has 1 unspecified atom stereocenters. The molecule has 0 spiro atoms. The molecule has 1 N–H and O–H groups in total. The Labute approximate surface area is 216 Å². The molecule has 1 aromatic heterocycles. The highest BCUT2D eigenvalue weighted by atomic mass is 19.1. The third-order valence-corrected chi connectivity index (χ3v) is 5.97. The monoisotopic (exact) mass is 496 g/mol. The van der Waals surface area contributed by atoms with E-state index in [1.54, 1.807) is 42.7 Å². The van der Waals surface area contributed by atoms with Gasteiger partial charge in [-0.15, -0.1) is 0 Å². The lowest BCUT2D eigenvalue weighted by molar-refractivity contribution is -0.139. The number of aromatic nitrogens is 1. The first-order chi connectivity index (χ1) is 17.9. The van der Waals surface area contributed by atoms with Gasteiger partial charge in [0.2, 0.25) is 5.91 Å². The smallest absolute Gasteiger partial charge is 0.251 e. The summed E-state index contributed by atoms with van der Waals surface area (Å²) >= 11 is 0. The van der Waals surface area contributed by atoms with Crippen LogP contribution >= 0.6 is 0 Å². The van der Waals surface area contributed by atoms with Crippen LogP contribution in [0.5, 0.6) is 0 Å². The first-order valence-corrected chi connectivity index (χ1v) is 12.0. The second-order valence-corrected chi connectivity index (χ2v) is 8.93. The van der Waals surface area contributed by atoms with Gasteiger partial charge in [-0.25, -0.2) is 4.39 Å². The maximum Gasteiger partial charge on any atom is 0.251 e. The van der Waals surface area contributed by atoms with Gasteiger partial charge in [0.05, 0.1) is 6.42 Å². The fraction of sp³-hybridized carbons (Fsp3) is 0.167. The topological polar surface area (TPSA) is 65.5 Å². The predicted molar refractivity (Wildman–Crippen MR) is 143 cm³/mol. The molecular weight excluding hydrogens is 467 g/mol. The molecule has 0 saturated heterocycles. The Hall–Kier alpha value is -4.52. The molecule has 0 bridgehead atoms. The van der Waals surface area contributed by atoms with E-state index in [2.05, 4.69) is 10.3 Å². The van der Waals surface area contributed by atoms with Crippen LogP contribution in [0.2, 0.25) is 0 Å². The van der Waals surface area contributed by atoms with E-state index in [-0.39, 0.29) is 18.9 Å². The third kappa shape index (κ3) is 6.79. The molecule has 1 heterocycles. The molecule has 0 aliphatic heterocycles. The van der Waals surface area contributed by atoms with Crippen molar-refractivity contribution in [3.63, 3.8) is 0 Å². The van der Waals surface area contributed by atoms with E-state index in [1.165, 1.54) is 17.0 Å². The minimum absolute atomic E-state index is 0.0950. The zero-order chi connectivity index (χ0) is 26.2. The number of pyridine rings is 1. The van der Waals surface area contributed by atoms with Crippen LogP contribution in [0.3, 0.4) is 0 Å². The minimum atomic E-state index is -1.07. The number of benzene rings is 3. The van der Waals surface area contributed by atoms with Gasteiger partial charge in [-0.1, -0.05) is 48.5 Å². The van der Waals surface area contributed by atoms with Crippen LogP contribution in [0.15, 0.2) is 103 Å². The Bertz CT molecular complexity index is 1330. The van der Waals surface area contributed by atoms with Crippen molar-refractivity contribution in [1.82, 2.24) is 9.88 Å². The molecule has 0 aliphatic rings. The number of carbonyl (C=O) groups excluding carboxylic acids is 2. The van der Waals surface area contributed by atoms with E-state index < -0.39 is 17.8 Å². The number of nitrogens with zero attached hydrogens (tertiary/aromatic N) is 3. The maximum atomic E-state index is 14.3. The van der Waals surface area contributed by atoms with Gasteiger partial charge in [0.1, 0.15) is 11.9 Å². The standard InChI is InChI=1S/C30H29FN4O2/c1-34(2)27-15-13-26(14-16-27)33-30(37)29(24-11-6-12-25(31)19-24)35(21-23-10-7-17-32-20-23)28(36)18-22-8-4-3-5-9-22/h3-17,19-20,29H,18,21H2,1-2H3,(H,33,37). The number of hydrogen-bond acceptors (Lipinski definition) is 4. The highest BCUT2D eigenvalue weighted by Crippen LogP contribution is 2.27. The SMILES string of the molecule is CN(C)c1ccc(NC(=O)C(c2cccc(F)c2)N(Cc2cccnc2)C(=O)Cc2ccccc2)cc1. The molecule has 0 radical (unpaired) electrons. The third-order valence-electron chi connectivity index (χ3n) is 5.97. The Balaban J connectivity index is 1.71. The molecular formula is C30H29FN4O2. The van der Waals surface area contributed by atoms with Crippen molar-refractivity contribution in [2.45, 2.75) is 19.0 Å². The van der Waals surface area contributed by atoms with Gasteiger partial charge in [0.25, 0.3) is 5.91 Å². The van der Waals surface area contributed by atoms with Crippen molar-refractivity contribution in [3.8, 4) is 0 Å². The number of rotatable bonds is 9. The summed E-state index contributed by atoms with van der Waals surface area (Å²) in [6, 6.07) is 25.1. The van der Waals surface area contributed by atoms with Crippen LogP contribution in [0.25, 0.3) is 0 Å². The van der Waals surface area contributed by atoms with Crippen LogP contribution in [-0.2, 0) is 22.6 Å². The normalized spacial score (nSPS) is 11.4. The van der Waals surface area contributed by atoms with Crippen molar-refractivity contribution in [2.75, 3.05) is 24.3 Å². The molecule has 3 aromatic carbocycles. The van der Waals surface area contributed by atoms with E-state index in [0.29, 0.717) is 11.3 Å². The van der Waals surface area contributed by atoms with Crippen molar-refractivity contribution in [2.24, 2.45) is 0 Å². The first-order valence-electron chi connectivity index (χ1n) is 12.0. The summed E-state index contributed by atoms with van der Waals surface area (Å²) in [6.45, 7) is 0.133. The molecule has 2 amide bonds. The molecule has 4 aromatic rings. The highest BCUT2D eigenvalue weighted by Gasteiger charge is 2.32. The van der Waals surface area contributed by atoms with Crippen LogP contribution in [0.1, 0.15) is 22.7 Å². The lowest BCUT2D eigenvalue weighted by Gasteiger charge is -2.32. The number of carbonyl (C=O) groups is 2. The van der Waals surface area contributed by atoms with Crippen LogP contribution < -0.4 is 10.2 Å². The molecule has 0 saturated carbocycles. The van der Waals surface area contributed by atoms with E-state index in [1.807, 2.05) is 67.5 Å². The van der Waals surface area contributed by atoms with Crippen molar-refractivity contribution < 1.29 is 14.0 Å². The fourth-order valence-electron chi connectivity index (χ4n) is 4.09. The average molecular weight is 497 g/mol. The summed E-state index contributed by atoms with van der Waals surface area (Å²) in [5.74, 6) is -1.18. The quantitative estimate of drug-likeness (QED) is 0.344. The molecule has 4 rings (SSSR count). The number of halogens is 1. The summed E-state index contributed by atoms with van der Waals surface area (Å²) in [6.07, 6.45) is 3.40. The van der Waals surface area contributed by atoms with Crippen LogP contribution in [0, 0.1) is 5.82 Å². The lowest BCUT2D eigenvalue weighted by Crippen LogP contribution is -2.41. The summed E-state index contributed by atoms with van der Waals surface area (Å²) < 4.78 is 14.3. The average Bonchev–Trinajstić information content (AvgIpc) is 2.90. The molecule has 0 aliphatic carbocycles. The Morgan fingerprint density at radius 2 is 1.62 bits per heavy atom. The summed E-state index contributed by atoms with van der Waals surface area (Å²) in [5, 5.41) is 2.92. The fourth-order valence-corrected chi connectivity index (χ4v) is 4.09. The van der Waals surface area contributed by atoms with Gasteiger partial charge >= 0.3 is 0 Å². The second-order valence-electron chi connectivity index (χ2n) is 8.93.